The van der Waals surface area contributed by atoms with Crippen LogP contribution in [0.2, 0.25) is 0 Å². The molecule has 0 saturated carbocycles. The van der Waals surface area contributed by atoms with Gasteiger partial charge < -0.3 is 5.32 Å². The molecule has 0 aliphatic carbocycles. The zero-order valence-corrected chi connectivity index (χ0v) is 20.7. The minimum absolute atomic E-state index is 0.195. The van der Waals surface area contributed by atoms with E-state index in [0.717, 1.165) is 18.5 Å². The summed E-state index contributed by atoms with van der Waals surface area (Å²) in [5.41, 5.74) is 2.21. The maximum absolute atomic E-state index is 11.9. The number of hydrogen-bond donors (Lipinski definition) is 2. The molecule has 0 heterocycles. The van der Waals surface area contributed by atoms with Crippen LogP contribution in [0.25, 0.3) is 6.08 Å². The molecule has 0 bridgehead atoms. The summed E-state index contributed by atoms with van der Waals surface area (Å²) in [6.07, 6.45) is 22.3. The summed E-state index contributed by atoms with van der Waals surface area (Å²) in [5.74, 6) is -0.195. The van der Waals surface area contributed by atoms with Gasteiger partial charge in [-0.1, -0.05) is 120 Å². The van der Waals surface area contributed by atoms with E-state index in [9.17, 15) is 4.79 Å². The van der Waals surface area contributed by atoms with Crippen LogP contribution in [0.4, 0.5) is 0 Å². The first-order chi connectivity index (χ1) is 15.1. The number of aryl methyl sites for hydroxylation is 1. The number of carbonyl (C=O) groups is 1. The molecule has 0 atom stereocenters. The van der Waals surface area contributed by atoms with Gasteiger partial charge in [0, 0.05) is 12.6 Å². The highest BCUT2D eigenvalue weighted by molar-refractivity contribution is 7.80. The Balaban J connectivity index is 1.90. The molecule has 1 aromatic carbocycles. The van der Waals surface area contributed by atoms with Crippen LogP contribution in [0.5, 0.6) is 0 Å². The Hall–Kier alpha value is -1.68. The lowest BCUT2D eigenvalue weighted by Crippen LogP contribution is -2.38. The van der Waals surface area contributed by atoms with Crippen LogP contribution < -0.4 is 10.6 Å². The zero-order valence-electron chi connectivity index (χ0n) is 19.9. The predicted octanol–water partition coefficient (Wildman–Crippen LogP) is 7.48. The highest BCUT2D eigenvalue weighted by Gasteiger charge is 2.00. The van der Waals surface area contributed by atoms with Crippen molar-refractivity contribution in [1.29, 1.82) is 0 Å². The van der Waals surface area contributed by atoms with Gasteiger partial charge in [-0.25, -0.2) is 0 Å². The maximum Gasteiger partial charge on any atom is 0.250 e. The molecule has 0 saturated heterocycles. The molecule has 1 rings (SSSR count). The van der Waals surface area contributed by atoms with Gasteiger partial charge in [-0.3, -0.25) is 10.1 Å². The summed E-state index contributed by atoms with van der Waals surface area (Å²) >= 11 is 5.20. The molecule has 0 fully saturated rings. The van der Waals surface area contributed by atoms with E-state index < -0.39 is 0 Å². The van der Waals surface area contributed by atoms with Crippen LogP contribution in [0.3, 0.4) is 0 Å². The number of carbonyl (C=O) groups excluding carboxylic acids is 1. The van der Waals surface area contributed by atoms with E-state index in [1.165, 1.54) is 95.1 Å². The third-order valence-corrected chi connectivity index (χ3v) is 5.80. The number of thiocarbonyl (C=S) groups is 1. The second kappa shape index (κ2) is 19.0. The third-order valence-electron chi connectivity index (χ3n) is 5.56. The lowest BCUT2D eigenvalue weighted by atomic mass is 10.0. The minimum atomic E-state index is -0.195. The Bertz CT molecular complexity index is 625. The summed E-state index contributed by atoms with van der Waals surface area (Å²) in [6.45, 7) is 5.14. The first-order valence-electron chi connectivity index (χ1n) is 12.5. The van der Waals surface area contributed by atoms with Gasteiger partial charge in [0.25, 0.3) is 0 Å². The standard InChI is InChI=1S/C27H44N2OS/c1-3-4-5-6-7-8-9-10-11-12-13-14-15-16-23-28-27(31)29-26(30)22-21-25-19-17-24(2)18-20-25/h17-22H,3-16,23H2,1-2H3,(H2,28,29,30,31). The number of rotatable bonds is 17. The summed E-state index contributed by atoms with van der Waals surface area (Å²) in [4.78, 5) is 11.9. The van der Waals surface area contributed by atoms with E-state index in [1.54, 1.807) is 6.08 Å². The lowest BCUT2D eigenvalue weighted by molar-refractivity contribution is -0.115. The summed E-state index contributed by atoms with van der Waals surface area (Å²) in [5, 5.41) is 6.24. The Morgan fingerprint density at radius 2 is 1.29 bits per heavy atom. The molecule has 4 heteroatoms. The van der Waals surface area contributed by atoms with Crippen molar-refractivity contribution in [2.24, 2.45) is 0 Å². The Labute approximate surface area is 196 Å². The molecule has 31 heavy (non-hydrogen) atoms. The molecule has 1 aromatic rings. The Morgan fingerprint density at radius 1 is 0.806 bits per heavy atom. The van der Waals surface area contributed by atoms with Crippen molar-refractivity contribution in [3.63, 3.8) is 0 Å². The van der Waals surface area contributed by atoms with Gasteiger partial charge in [0.15, 0.2) is 5.11 Å². The van der Waals surface area contributed by atoms with Crippen LogP contribution in [0.15, 0.2) is 30.3 Å². The van der Waals surface area contributed by atoms with Gasteiger partial charge in [0.1, 0.15) is 0 Å². The SMILES string of the molecule is CCCCCCCCCCCCCCCCNC(=S)NC(=O)C=Cc1ccc(C)cc1. The highest BCUT2D eigenvalue weighted by atomic mass is 32.1. The van der Waals surface area contributed by atoms with E-state index in [1.807, 2.05) is 31.2 Å². The molecular weight excluding hydrogens is 400 g/mol. The summed E-state index contributed by atoms with van der Waals surface area (Å²) < 4.78 is 0. The minimum Gasteiger partial charge on any atom is -0.362 e. The molecule has 0 unspecified atom stereocenters. The van der Waals surface area contributed by atoms with E-state index >= 15 is 0 Å². The lowest BCUT2D eigenvalue weighted by Gasteiger charge is -2.08. The molecular formula is C27H44N2OS. The zero-order chi connectivity index (χ0) is 22.6. The molecule has 2 N–H and O–H groups in total. The van der Waals surface area contributed by atoms with Crippen molar-refractivity contribution in [2.75, 3.05) is 6.54 Å². The first-order valence-corrected chi connectivity index (χ1v) is 12.9. The van der Waals surface area contributed by atoms with E-state index in [0.29, 0.717) is 5.11 Å². The van der Waals surface area contributed by atoms with Crippen molar-refractivity contribution in [1.82, 2.24) is 10.6 Å². The molecule has 174 valence electrons. The van der Waals surface area contributed by atoms with E-state index in [4.69, 9.17) is 12.2 Å². The van der Waals surface area contributed by atoms with Crippen molar-refractivity contribution < 1.29 is 4.79 Å². The molecule has 0 aliphatic rings. The fourth-order valence-corrected chi connectivity index (χ4v) is 3.77. The monoisotopic (exact) mass is 444 g/mol. The fourth-order valence-electron chi connectivity index (χ4n) is 3.57. The summed E-state index contributed by atoms with van der Waals surface area (Å²) in [6, 6.07) is 8.04. The van der Waals surface area contributed by atoms with E-state index in [2.05, 4.69) is 17.6 Å². The second-order valence-electron chi connectivity index (χ2n) is 8.59. The number of amides is 1. The van der Waals surface area contributed by atoms with Crippen molar-refractivity contribution in [2.45, 2.75) is 104 Å². The number of hydrogen-bond acceptors (Lipinski definition) is 2. The predicted molar refractivity (Wildman–Crippen MR) is 139 cm³/mol. The van der Waals surface area contributed by atoms with Crippen molar-refractivity contribution in [3.05, 3.63) is 41.5 Å². The van der Waals surface area contributed by atoms with Crippen molar-refractivity contribution >= 4 is 29.3 Å². The average molecular weight is 445 g/mol. The largest absolute Gasteiger partial charge is 0.362 e. The third kappa shape index (κ3) is 16.7. The van der Waals surface area contributed by atoms with Gasteiger partial charge in [0.05, 0.1) is 0 Å². The molecule has 0 aliphatic heterocycles. The molecule has 3 nitrogen and oxygen atoms in total. The second-order valence-corrected chi connectivity index (χ2v) is 8.99. The number of nitrogens with one attached hydrogen (secondary N) is 2. The topological polar surface area (TPSA) is 41.1 Å². The summed E-state index contributed by atoms with van der Waals surface area (Å²) in [7, 11) is 0. The Morgan fingerprint density at radius 3 is 1.81 bits per heavy atom. The van der Waals surface area contributed by atoms with Crippen LogP contribution in [-0.4, -0.2) is 17.6 Å². The molecule has 0 spiro atoms. The fraction of sp³-hybridized carbons (Fsp3) is 0.630. The van der Waals surface area contributed by atoms with Gasteiger partial charge in [-0.05, 0) is 37.2 Å². The maximum atomic E-state index is 11.9. The first kappa shape index (κ1) is 27.4. The Kier molecular flexibility index (Phi) is 16.8. The average Bonchev–Trinajstić information content (AvgIpc) is 2.76. The van der Waals surface area contributed by atoms with E-state index in [-0.39, 0.29) is 5.91 Å². The number of benzene rings is 1. The molecule has 1 amide bonds. The van der Waals surface area contributed by atoms with Crippen molar-refractivity contribution in [3.8, 4) is 0 Å². The smallest absolute Gasteiger partial charge is 0.250 e. The molecule has 0 aromatic heterocycles. The van der Waals surface area contributed by atoms with Gasteiger partial charge in [-0.2, -0.15) is 0 Å². The van der Waals surface area contributed by atoms with Gasteiger partial charge >= 0.3 is 0 Å². The van der Waals surface area contributed by atoms with Crippen LogP contribution in [0.1, 0.15) is 108 Å². The normalized spacial score (nSPS) is 11.0. The quantitative estimate of drug-likeness (QED) is 0.149. The van der Waals surface area contributed by atoms with Crippen LogP contribution >= 0.6 is 12.2 Å². The number of unbranched alkanes of at least 4 members (excludes halogenated alkanes) is 13. The van der Waals surface area contributed by atoms with Gasteiger partial charge in [0.2, 0.25) is 5.91 Å². The highest BCUT2D eigenvalue weighted by Crippen LogP contribution is 2.12. The molecule has 0 radical (unpaired) electrons. The van der Waals surface area contributed by atoms with Crippen LogP contribution in [0, 0.1) is 6.92 Å². The van der Waals surface area contributed by atoms with Crippen LogP contribution in [-0.2, 0) is 4.79 Å². The van der Waals surface area contributed by atoms with Gasteiger partial charge in [-0.15, -0.1) is 0 Å².